The maximum absolute atomic E-state index is 10.8. The van der Waals surface area contributed by atoms with Crippen LogP contribution >= 0.6 is 0 Å². The largest absolute Gasteiger partial charge is 0.478 e. The minimum atomic E-state index is -0.969. The van der Waals surface area contributed by atoms with Gasteiger partial charge in [0.05, 0.1) is 5.56 Å². The second-order valence-corrected chi connectivity index (χ2v) is 4.18. The topological polar surface area (TPSA) is 71.5 Å². The first-order valence-electron chi connectivity index (χ1n) is 5.92. The maximum atomic E-state index is 10.8. The van der Waals surface area contributed by atoms with Crippen LogP contribution in [-0.4, -0.2) is 29.2 Å². The fourth-order valence-corrected chi connectivity index (χ4v) is 1.92. The van der Waals surface area contributed by atoms with Crippen molar-refractivity contribution in [2.45, 2.75) is 25.4 Å². The molecular weight excluding hydrogens is 232 g/mol. The summed E-state index contributed by atoms with van der Waals surface area (Å²) in [5.41, 5.74) is 1.42. The van der Waals surface area contributed by atoms with Crippen LogP contribution in [0, 0.1) is 0 Å². The second kappa shape index (κ2) is 5.53. The zero-order chi connectivity index (χ0) is 13.0. The fraction of sp³-hybridized carbons (Fsp3) is 0.385. The van der Waals surface area contributed by atoms with E-state index in [2.05, 4.69) is 16.4 Å². The third-order valence-electron chi connectivity index (χ3n) is 2.95. The molecule has 0 aliphatic heterocycles. The smallest absolute Gasteiger partial charge is 0.335 e. The van der Waals surface area contributed by atoms with Gasteiger partial charge in [0.25, 0.3) is 0 Å². The van der Waals surface area contributed by atoms with E-state index in [1.807, 2.05) is 7.05 Å². The van der Waals surface area contributed by atoms with Gasteiger partial charge in [-0.05, 0) is 18.9 Å². The van der Waals surface area contributed by atoms with Crippen molar-refractivity contribution in [1.29, 1.82) is 0 Å². The quantitative estimate of drug-likeness (QED) is 0.850. The number of carboxylic acid groups (broad SMARTS) is 1. The van der Waals surface area contributed by atoms with Crippen LogP contribution in [0.4, 0.5) is 0 Å². The number of nitrogens with one attached hydrogen (secondary N) is 1. The first-order valence-corrected chi connectivity index (χ1v) is 5.92. The molecule has 18 heavy (non-hydrogen) atoms. The average molecular weight is 248 g/mol. The van der Waals surface area contributed by atoms with Crippen molar-refractivity contribution in [2.24, 2.45) is 0 Å². The minimum Gasteiger partial charge on any atom is -0.478 e. The highest BCUT2D eigenvalue weighted by Gasteiger charge is 2.16. The van der Waals surface area contributed by atoms with Crippen molar-refractivity contribution in [2.75, 3.05) is 7.05 Å². The van der Waals surface area contributed by atoms with Gasteiger partial charge in [0.2, 0.25) is 5.88 Å². The molecule has 0 amide bonds. The number of ether oxygens (including phenoxy) is 1. The molecule has 1 aliphatic carbocycles. The van der Waals surface area contributed by atoms with Crippen molar-refractivity contribution in [1.82, 2.24) is 10.3 Å². The molecule has 1 heterocycles. The van der Waals surface area contributed by atoms with Gasteiger partial charge in [-0.3, -0.25) is 0 Å². The first kappa shape index (κ1) is 12.4. The molecule has 5 nitrogen and oxygen atoms in total. The molecule has 0 aromatic carbocycles. The molecule has 0 bridgehead atoms. The van der Waals surface area contributed by atoms with Gasteiger partial charge in [-0.25, -0.2) is 9.78 Å². The molecule has 0 spiro atoms. The molecular formula is C13H16N2O3. The molecule has 0 saturated heterocycles. The van der Waals surface area contributed by atoms with Gasteiger partial charge in [-0.15, -0.1) is 0 Å². The van der Waals surface area contributed by atoms with E-state index in [1.165, 1.54) is 24.0 Å². The van der Waals surface area contributed by atoms with Gasteiger partial charge in [-0.2, -0.15) is 0 Å². The Labute approximate surface area is 105 Å². The van der Waals surface area contributed by atoms with E-state index >= 15 is 0 Å². The van der Waals surface area contributed by atoms with Crippen molar-refractivity contribution in [3.63, 3.8) is 0 Å². The van der Waals surface area contributed by atoms with Crippen LogP contribution in [0.2, 0.25) is 0 Å². The number of hydrogen-bond donors (Lipinski definition) is 2. The van der Waals surface area contributed by atoms with E-state index < -0.39 is 5.97 Å². The lowest BCUT2D eigenvalue weighted by molar-refractivity contribution is 0.0695. The lowest BCUT2D eigenvalue weighted by Gasteiger charge is -2.22. The average Bonchev–Trinajstić information content (AvgIpc) is 2.40. The predicted octanol–water partition coefficient (Wildman–Crippen LogP) is 1.81. The fourth-order valence-electron chi connectivity index (χ4n) is 1.92. The summed E-state index contributed by atoms with van der Waals surface area (Å²) in [6, 6.07) is 2.91. The standard InChI is InChI=1S/C13H16N2O3/c1-14-10-2-4-11(5-3-10)18-12-8-9(13(16)17)6-7-15-12/h2,6-8,11,14H,3-5H2,1H3,(H,16,17). The summed E-state index contributed by atoms with van der Waals surface area (Å²) in [5.74, 6) is -0.593. The molecule has 0 saturated carbocycles. The number of aromatic nitrogens is 1. The third-order valence-corrected chi connectivity index (χ3v) is 2.95. The Balaban J connectivity index is 2.00. The number of aromatic carboxylic acids is 1. The third kappa shape index (κ3) is 3.00. The summed E-state index contributed by atoms with van der Waals surface area (Å²) >= 11 is 0. The van der Waals surface area contributed by atoms with E-state index in [4.69, 9.17) is 9.84 Å². The number of carboxylic acids is 1. The van der Waals surface area contributed by atoms with Gasteiger partial charge in [-0.1, -0.05) is 6.08 Å². The van der Waals surface area contributed by atoms with Gasteiger partial charge < -0.3 is 15.2 Å². The van der Waals surface area contributed by atoms with E-state index in [1.54, 1.807) is 0 Å². The lowest BCUT2D eigenvalue weighted by atomic mass is 10.0. The molecule has 2 N–H and O–H groups in total. The summed E-state index contributed by atoms with van der Waals surface area (Å²) in [7, 11) is 1.91. The number of hydrogen-bond acceptors (Lipinski definition) is 4. The van der Waals surface area contributed by atoms with Crippen molar-refractivity contribution < 1.29 is 14.6 Å². The summed E-state index contributed by atoms with van der Waals surface area (Å²) in [5, 5.41) is 12.0. The second-order valence-electron chi connectivity index (χ2n) is 4.18. The molecule has 1 aromatic rings. The molecule has 1 unspecified atom stereocenters. The summed E-state index contributed by atoms with van der Waals surface area (Å²) in [6.45, 7) is 0. The molecule has 1 aromatic heterocycles. The Morgan fingerprint density at radius 1 is 1.61 bits per heavy atom. The van der Waals surface area contributed by atoms with Crippen molar-refractivity contribution in [3.05, 3.63) is 35.7 Å². The maximum Gasteiger partial charge on any atom is 0.335 e. The van der Waals surface area contributed by atoms with Crippen LogP contribution in [0.1, 0.15) is 29.6 Å². The molecule has 5 heteroatoms. The minimum absolute atomic E-state index is 0.0682. The van der Waals surface area contributed by atoms with Crippen LogP contribution in [0.25, 0.3) is 0 Å². The lowest BCUT2D eigenvalue weighted by Crippen LogP contribution is -2.22. The molecule has 96 valence electrons. The number of allylic oxidation sites excluding steroid dienone is 1. The van der Waals surface area contributed by atoms with Crippen LogP contribution in [-0.2, 0) is 0 Å². The molecule has 1 aliphatic rings. The number of carbonyl (C=O) groups is 1. The Morgan fingerprint density at radius 3 is 3.06 bits per heavy atom. The Morgan fingerprint density at radius 2 is 2.44 bits per heavy atom. The predicted molar refractivity (Wildman–Crippen MR) is 66.6 cm³/mol. The highest BCUT2D eigenvalue weighted by molar-refractivity contribution is 5.87. The molecule has 0 fully saturated rings. The van der Waals surface area contributed by atoms with Crippen molar-refractivity contribution in [3.8, 4) is 5.88 Å². The van der Waals surface area contributed by atoms with Crippen LogP contribution in [0.5, 0.6) is 5.88 Å². The zero-order valence-electron chi connectivity index (χ0n) is 10.2. The Kier molecular flexibility index (Phi) is 3.82. The van der Waals surface area contributed by atoms with Gasteiger partial charge >= 0.3 is 5.97 Å². The zero-order valence-corrected chi connectivity index (χ0v) is 10.2. The summed E-state index contributed by atoms with van der Waals surface area (Å²) in [6.07, 6.45) is 6.30. The van der Waals surface area contributed by atoms with Gasteiger partial charge in [0.15, 0.2) is 0 Å². The highest BCUT2D eigenvalue weighted by atomic mass is 16.5. The summed E-state index contributed by atoms with van der Waals surface area (Å²) < 4.78 is 5.69. The molecule has 0 radical (unpaired) electrons. The highest BCUT2D eigenvalue weighted by Crippen LogP contribution is 2.21. The van der Waals surface area contributed by atoms with Gasteiger partial charge in [0, 0.05) is 31.4 Å². The molecule has 1 atom stereocenters. The Bertz CT molecular complexity index is 471. The molecule has 2 rings (SSSR count). The Hall–Kier alpha value is -2.04. The van der Waals surface area contributed by atoms with E-state index in [0.717, 1.165) is 19.3 Å². The first-order chi connectivity index (χ1) is 8.69. The normalized spacial score (nSPS) is 18.9. The number of pyridine rings is 1. The SMILES string of the molecule is CNC1=CCC(Oc2cc(C(=O)O)ccn2)CC1. The monoisotopic (exact) mass is 248 g/mol. The summed E-state index contributed by atoms with van der Waals surface area (Å²) in [4.78, 5) is 14.9. The van der Waals surface area contributed by atoms with Gasteiger partial charge in [0.1, 0.15) is 6.10 Å². The van der Waals surface area contributed by atoms with E-state index in [-0.39, 0.29) is 11.7 Å². The van der Waals surface area contributed by atoms with Crippen molar-refractivity contribution >= 4 is 5.97 Å². The van der Waals surface area contributed by atoms with Crippen LogP contribution in [0.15, 0.2) is 30.1 Å². The van der Waals surface area contributed by atoms with Crippen LogP contribution < -0.4 is 10.1 Å². The van der Waals surface area contributed by atoms with Crippen LogP contribution in [0.3, 0.4) is 0 Å². The number of rotatable bonds is 4. The van der Waals surface area contributed by atoms with E-state index in [0.29, 0.717) is 5.88 Å². The number of nitrogens with zero attached hydrogens (tertiary/aromatic N) is 1. The van der Waals surface area contributed by atoms with E-state index in [9.17, 15) is 4.79 Å².